The number of nitrogens with one attached hydrogen (secondary N) is 2. The molecule has 1 atom stereocenters. The number of aromatic nitrogens is 3. The number of amides is 3. The summed E-state index contributed by atoms with van der Waals surface area (Å²) in [5.41, 5.74) is 1.19. The predicted octanol–water partition coefficient (Wildman–Crippen LogP) is 0.923. The summed E-state index contributed by atoms with van der Waals surface area (Å²) in [5, 5.41) is 21.9. The van der Waals surface area contributed by atoms with Crippen LogP contribution in [0.4, 0.5) is 10.5 Å². The van der Waals surface area contributed by atoms with Gasteiger partial charge in [-0.3, -0.25) is 9.59 Å². The van der Waals surface area contributed by atoms with Crippen LogP contribution in [-0.2, 0) is 22.7 Å². The SMILES string of the molecule is O=C(O)Cn1cc(CNC(=O)C2CCCN(C(=O)Nc3ccccc3)C2)nn1. The molecule has 148 valence electrons. The van der Waals surface area contributed by atoms with Gasteiger partial charge in [0.25, 0.3) is 0 Å². The number of nitrogens with zero attached hydrogens (tertiary/aromatic N) is 4. The first-order valence-electron chi connectivity index (χ1n) is 9.01. The van der Waals surface area contributed by atoms with Gasteiger partial charge in [-0.1, -0.05) is 23.4 Å². The fraction of sp³-hybridized carbons (Fsp3) is 0.389. The predicted molar refractivity (Wildman–Crippen MR) is 99.3 cm³/mol. The Morgan fingerprint density at radius 3 is 2.75 bits per heavy atom. The molecule has 0 aliphatic carbocycles. The summed E-state index contributed by atoms with van der Waals surface area (Å²) in [4.78, 5) is 37.2. The molecule has 0 spiro atoms. The van der Waals surface area contributed by atoms with E-state index in [2.05, 4.69) is 20.9 Å². The number of carbonyl (C=O) groups is 3. The smallest absolute Gasteiger partial charge is 0.325 e. The highest BCUT2D eigenvalue weighted by molar-refractivity contribution is 5.90. The van der Waals surface area contributed by atoms with Gasteiger partial charge in [0.1, 0.15) is 12.2 Å². The van der Waals surface area contributed by atoms with E-state index in [0.29, 0.717) is 30.9 Å². The zero-order chi connectivity index (χ0) is 19.9. The van der Waals surface area contributed by atoms with Crippen molar-refractivity contribution < 1.29 is 19.5 Å². The molecule has 3 rings (SSSR count). The van der Waals surface area contributed by atoms with Crippen LogP contribution in [0.5, 0.6) is 0 Å². The second-order valence-electron chi connectivity index (χ2n) is 6.60. The zero-order valence-electron chi connectivity index (χ0n) is 15.2. The average Bonchev–Trinajstić information content (AvgIpc) is 3.13. The van der Waals surface area contributed by atoms with Gasteiger partial charge in [0.05, 0.1) is 18.7 Å². The summed E-state index contributed by atoms with van der Waals surface area (Å²) in [6, 6.07) is 8.95. The minimum atomic E-state index is -1.02. The third-order valence-electron chi connectivity index (χ3n) is 4.43. The molecule has 1 aromatic carbocycles. The van der Waals surface area contributed by atoms with E-state index in [1.54, 1.807) is 4.90 Å². The van der Waals surface area contributed by atoms with Crippen LogP contribution in [0.1, 0.15) is 18.5 Å². The molecule has 0 saturated carbocycles. The van der Waals surface area contributed by atoms with Gasteiger partial charge in [0.15, 0.2) is 0 Å². The molecule has 1 aliphatic heterocycles. The highest BCUT2D eigenvalue weighted by Gasteiger charge is 2.28. The second-order valence-corrected chi connectivity index (χ2v) is 6.60. The number of anilines is 1. The summed E-state index contributed by atoms with van der Waals surface area (Å²) in [7, 11) is 0. The Kier molecular flexibility index (Phi) is 6.20. The lowest BCUT2D eigenvalue weighted by Crippen LogP contribution is -2.46. The number of para-hydroxylation sites is 1. The minimum Gasteiger partial charge on any atom is -0.480 e. The van der Waals surface area contributed by atoms with Gasteiger partial charge in [-0.2, -0.15) is 0 Å². The van der Waals surface area contributed by atoms with E-state index in [1.165, 1.54) is 10.9 Å². The van der Waals surface area contributed by atoms with Gasteiger partial charge in [-0.15, -0.1) is 5.10 Å². The quantitative estimate of drug-likeness (QED) is 0.677. The first-order valence-corrected chi connectivity index (χ1v) is 9.01. The highest BCUT2D eigenvalue weighted by atomic mass is 16.4. The maximum atomic E-state index is 12.5. The fourth-order valence-corrected chi connectivity index (χ4v) is 3.06. The number of carboxylic acid groups (broad SMARTS) is 1. The lowest BCUT2D eigenvalue weighted by molar-refractivity contribution is -0.138. The summed E-state index contributed by atoms with van der Waals surface area (Å²) < 4.78 is 1.19. The topological polar surface area (TPSA) is 129 Å². The maximum absolute atomic E-state index is 12.5. The van der Waals surface area contributed by atoms with E-state index >= 15 is 0 Å². The third kappa shape index (κ3) is 5.29. The van der Waals surface area contributed by atoms with E-state index in [9.17, 15) is 14.4 Å². The molecule has 1 aliphatic rings. The number of aliphatic carboxylic acids is 1. The van der Waals surface area contributed by atoms with E-state index in [0.717, 1.165) is 6.42 Å². The lowest BCUT2D eigenvalue weighted by Gasteiger charge is -2.32. The van der Waals surface area contributed by atoms with Crippen molar-refractivity contribution in [1.29, 1.82) is 0 Å². The number of hydrogen-bond acceptors (Lipinski definition) is 5. The molecule has 3 amide bonds. The van der Waals surface area contributed by atoms with Crippen LogP contribution in [-0.4, -0.2) is 56.0 Å². The molecule has 0 radical (unpaired) electrons. The Balaban J connectivity index is 1.49. The van der Waals surface area contributed by atoms with Gasteiger partial charge in [-0.25, -0.2) is 9.48 Å². The fourth-order valence-electron chi connectivity index (χ4n) is 3.06. The van der Waals surface area contributed by atoms with Gasteiger partial charge >= 0.3 is 12.0 Å². The lowest BCUT2D eigenvalue weighted by atomic mass is 9.97. The molecule has 28 heavy (non-hydrogen) atoms. The molecule has 2 heterocycles. The number of carbonyl (C=O) groups excluding carboxylic acids is 2. The standard InChI is InChI=1S/C18H22N6O4/c25-16(26)12-24-11-15(21-22-24)9-19-17(27)13-5-4-8-23(10-13)18(28)20-14-6-2-1-3-7-14/h1-3,6-7,11,13H,4-5,8-10,12H2,(H,19,27)(H,20,28)(H,25,26). The number of carboxylic acids is 1. The Morgan fingerprint density at radius 1 is 1.21 bits per heavy atom. The summed E-state index contributed by atoms with van der Waals surface area (Å²) >= 11 is 0. The van der Waals surface area contributed by atoms with Crippen LogP contribution in [0.15, 0.2) is 36.5 Å². The molecule has 3 N–H and O–H groups in total. The summed E-state index contributed by atoms with van der Waals surface area (Å²) in [6.45, 7) is 0.822. The van der Waals surface area contributed by atoms with Crippen molar-refractivity contribution in [2.45, 2.75) is 25.9 Å². The van der Waals surface area contributed by atoms with Crippen LogP contribution in [0.25, 0.3) is 0 Å². The highest BCUT2D eigenvalue weighted by Crippen LogP contribution is 2.18. The van der Waals surface area contributed by atoms with Crippen LogP contribution < -0.4 is 10.6 Å². The number of piperidine rings is 1. The molecule has 1 saturated heterocycles. The van der Waals surface area contributed by atoms with Gasteiger partial charge < -0.3 is 20.6 Å². The van der Waals surface area contributed by atoms with Crippen molar-refractivity contribution in [2.24, 2.45) is 5.92 Å². The number of rotatable bonds is 6. The average molecular weight is 386 g/mol. The summed E-state index contributed by atoms with van der Waals surface area (Å²) in [5.74, 6) is -1.48. The van der Waals surface area contributed by atoms with Crippen molar-refractivity contribution >= 4 is 23.6 Å². The Morgan fingerprint density at radius 2 is 2.00 bits per heavy atom. The van der Waals surface area contributed by atoms with Crippen molar-refractivity contribution in [2.75, 3.05) is 18.4 Å². The van der Waals surface area contributed by atoms with Crippen LogP contribution in [0.2, 0.25) is 0 Å². The molecule has 10 nitrogen and oxygen atoms in total. The van der Waals surface area contributed by atoms with E-state index in [1.807, 2.05) is 30.3 Å². The maximum Gasteiger partial charge on any atom is 0.325 e. The number of benzene rings is 1. The molecule has 0 bridgehead atoms. The molecule has 1 unspecified atom stereocenters. The first kappa shape index (κ1) is 19.3. The molecule has 2 aromatic rings. The second kappa shape index (κ2) is 8.98. The van der Waals surface area contributed by atoms with Crippen molar-refractivity contribution in [3.8, 4) is 0 Å². The normalized spacial score (nSPS) is 16.4. The Hall–Kier alpha value is -3.43. The molecule has 1 aromatic heterocycles. The summed E-state index contributed by atoms with van der Waals surface area (Å²) in [6.07, 6.45) is 2.93. The third-order valence-corrected chi connectivity index (χ3v) is 4.43. The number of urea groups is 1. The van der Waals surface area contributed by atoms with Crippen molar-refractivity contribution in [3.63, 3.8) is 0 Å². The van der Waals surface area contributed by atoms with E-state index in [-0.39, 0.29) is 30.9 Å². The van der Waals surface area contributed by atoms with Crippen LogP contribution >= 0.6 is 0 Å². The monoisotopic (exact) mass is 386 g/mol. The Bertz CT molecular complexity index is 838. The van der Waals surface area contributed by atoms with Crippen molar-refractivity contribution in [1.82, 2.24) is 25.2 Å². The minimum absolute atomic E-state index is 0.158. The molecular weight excluding hydrogens is 364 g/mol. The van der Waals surface area contributed by atoms with Crippen LogP contribution in [0, 0.1) is 5.92 Å². The number of likely N-dealkylation sites (tertiary alicyclic amines) is 1. The van der Waals surface area contributed by atoms with E-state index < -0.39 is 5.97 Å². The van der Waals surface area contributed by atoms with Gasteiger partial charge in [-0.05, 0) is 25.0 Å². The molecular formula is C18H22N6O4. The molecule has 10 heteroatoms. The first-order chi connectivity index (χ1) is 13.5. The van der Waals surface area contributed by atoms with Crippen molar-refractivity contribution in [3.05, 3.63) is 42.2 Å². The van der Waals surface area contributed by atoms with Gasteiger partial charge in [0.2, 0.25) is 5.91 Å². The largest absolute Gasteiger partial charge is 0.480 e. The number of hydrogen-bond donors (Lipinski definition) is 3. The Labute approximate surface area is 161 Å². The van der Waals surface area contributed by atoms with Crippen LogP contribution in [0.3, 0.4) is 0 Å². The van der Waals surface area contributed by atoms with E-state index in [4.69, 9.17) is 5.11 Å². The van der Waals surface area contributed by atoms with Gasteiger partial charge in [0, 0.05) is 18.8 Å². The zero-order valence-corrected chi connectivity index (χ0v) is 15.2. The molecule has 1 fully saturated rings.